The SMILES string of the molecule is C[C@H]1[C@@H](CN2CCOCC2)O[C@@H](c2ccc(CNC(=O)c3cccnc3)cc2)O[C@H]1c1ccc(CO)cc1. The van der Waals surface area contributed by atoms with Gasteiger partial charge in [0, 0.05) is 50.1 Å². The Morgan fingerprint density at radius 3 is 2.39 bits per heavy atom. The highest BCUT2D eigenvalue weighted by molar-refractivity contribution is 5.93. The number of rotatable bonds is 8. The summed E-state index contributed by atoms with van der Waals surface area (Å²) >= 11 is 0. The van der Waals surface area contributed by atoms with Gasteiger partial charge in [0.15, 0.2) is 6.29 Å². The molecule has 0 saturated carbocycles. The Balaban J connectivity index is 1.30. The van der Waals surface area contributed by atoms with E-state index in [1.165, 1.54) is 0 Å². The van der Waals surface area contributed by atoms with Gasteiger partial charge in [-0.2, -0.15) is 0 Å². The fraction of sp³-hybridized carbons (Fsp3) is 0.400. The summed E-state index contributed by atoms with van der Waals surface area (Å²) in [4.78, 5) is 18.8. The molecule has 2 fully saturated rings. The normalized spacial score (nSPS) is 24.2. The molecule has 0 bridgehead atoms. The fourth-order valence-electron chi connectivity index (χ4n) is 4.94. The summed E-state index contributed by atoms with van der Waals surface area (Å²) in [6.07, 6.45) is 2.52. The molecule has 2 aliphatic rings. The monoisotopic (exact) mass is 517 g/mol. The van der Waals surface area contributed by atoms with Crippen LogP contribution in [0.4, 0.5) is 0 Å². The molecule has 200 valence electrons. The number of pyridine rings is 1. The first kappa shape index (κ1) is 26.5. The van der Waals surface area contributed by atoms with Crippen molar-refractivity contribution in [2.45, 2.75) is 38.6 Å². The third kappa shape index (κ3) is 6.46. The number of hydrogen-bond acceptors (Lipinski definition) is 7. The number of morpholine rings is 1. The Labute approximate surface area is 223 Å². The van der Waals surface area contributed by atoms with Crippen LogP contribution in [0, 0.1) is 5.92 Å². The van der Waals surface area contributed by atoms with Crippen molar-refractivity contribution in [2.75, 3.05) is 32.8 Å². The smallest absolute Gasteiger partial charge is 0.253 e. The summed E-state index contributed by atoms with van der Waals surface area (Å²) in [6.45, 7) is 6.70. The zero-order valence-corrected chi connectivity index (χ0v) is 21.7. The van der Waals surface area contributed by atoms with Crippen LogP contribution < -0.4 is 5.32 Å². The van der Waals surface area contributed by atoms with Crippen LogP contribution in [0.3, 0.4) is 0 Å². The van der Waals surface area contributed by atoms with Crippen LogP contribution >= 0.6 is 0 Å². The van der Waals surface area contributed by atoms with Crippen LogP contribution in [-0.4, -0.2) is 59.8 Å². The minimum atomic E-state index is -0.515. The highest BCUT2D eigenvalue weighted by Crippen LogP contribution is 2.41. The van der Waals surface area contributed by atoms with Gasteiger partial charge in [0.2, 0.25) is 0 Å². The second-order valence-electron chi connectivity index (χ2n) is 9.90. The molecule has 8 nitrogen and oxygen atoms in total. The molecule has 5 rings (SSSR count). The molecular weight excluding hydrogens is 482 g/mol. The fourth-order valence-corrected chi connectivity index (χ4v) is 4.94. The molecule has 2 aromatic carbocycles. The van der Waals surface area contributed by atoms with Crippen LogP contribution in [0.2, 0.25) is 0 Å². The Morgan fingerprint density at radius 1 is 1.00 bits per heavy atom. The van der Waals surface area contributed by atoms with Crippen molar-refractivity contribution in [3.8, 4) is 0 Å². The zero-order valence-electron chi connectivity index (χ0n) is 21.7. The number of aliphatic hydroxyl groups is 1. The van der Waals surface area contributed by atoms with Crippen LogP contribution in [0.25, 0.3) is 0 Å². The number of hydrogen-bond donors (Lipinski definition) is 2. The van der Waals surface area contributed by atoms with Crippen molar-refractivity contribution in [3.63, 3.8) is 0 Å². The highest BCUT2D eigenvalue weighted by atomic mass is 16.7. The lowest BCUT2D eigenvalue weighted by Crippen LogP contribution is -2.47. The zero-order chi connectivity index (χ0) is 26.3. The minimum Gasteiger partial charge on any atom is -0.392 e. The number of nitrogens with zero attached hydrogens (tertiary/aromatic N) is 2. The number of carbonyl (C=O) groups is 1. The van der Waals surface area contributed by atoms with E-state index < -0.39 is 6.29 Å². The third-order valence-corrected chi connectivity index (χ3v) is 7.29. The first-order valence-corrected chi connectivity index (χ1v) is 13.2. The first-order valence-electron chi connectivity index (χ1n) is 13.2. The quantitative estimate of drug-likeness (QED) is 0.471. The van der Waals surface area contributed by atoms with E-state index in [1.807, 2.05) is 48.5 Å². The molecule has 0 aliphatic carbocycles. The summed E-state index contributed by atoms with van der Waals surface area (Å²) in [5.74, 6) is -0.0212. The van der Waals surface area contributed by atoms with E-state index in [0.717, 1.165) is 55.1 Å². The maximum Gasteiger partial charge on any atom is 0.253 e. The molecule has 1 amide bonds. The second-order valence-corrected chi connectivity index (χ2v) is 9.90. The van der Waals surface area contributed by atoms with Crippen molar-refractivity contribution in [2.24, 2.45) is 5.92 Å². The predicted octanol–water partition coefficient (Wildman–Crippen LogP) is 3.63. The summed E-state index contributed by atoms with van der Waals surface area (Å²) in [5, 5.41) is 12.4. The summed E-state index contributed by atoms with van der Waals surface area (Å²) < 4.78 is 18.6. The number of aromatic nitrogens is 1. The van der Waals surface area contributed by atoms with Crippen LogP contribution in [-0.2, 0) is 27.4 Å². The van der Waals surface area contributed by atoms with Gasteiger partial charge in [-0.15, -0.1) is 0 Å². The maximum atomic E-state index is 12.4. The van der Waals surface area contributed by atoms with E-state index in [-0.39, 0.29) is 30.6 Å². The molecule has 3 aromatic rings. The van der Waals surface area contributed by atoms with E-state index in [1.54, 1.807) is 24.5 Å². The molecule has 38 heavy (non-hydrogen) atoms. The first-order chi connectivity index (χ1) is 18.6. The Morgan fingerprint density at radius 2 is 1.71 bits per heavy atom. The van der Waals surface area contributed by atoms with Crippen molar-refractivity contribution < 1.29 is 24.1 Å². The van der Waals surface area contributed by atoms with Gasteiger partial charge in [0.1, 0.15) is 0 Å². The standard InChI is InChI=1S/C30H35N3O5/c1-21-27(19-33-13-15-36-16-14-33)37-30(38-28(21)24-8-6-23(20-34)7-9-24)25-10-4-22(5-11-25)17-32-29(35)26-3-2-12-31-18-26/h2-12,18,21,27-28,30,34H,13-17,19-20H2,1H3,(H,32,35)/t21-,27+,28+,30+/m0/s1. The van der Waals surface area contributed by atoms with E-state index in [2.05, 4.69) is 22.1 Å². The minimum absolute atomic E-state index is 0.0157. The molecule has 1 aromatic heterocycles. The maximum absolute atomic E-state index is 12.4. The number of benzene rings is 2. The van der Waals surface area contributed by atoms with Crippen molar-refractivity contribution in [1.82, 2.24) is 15.2 Å². The van der Waals surface area contributed by atoms with E-state index in [0.29, 0.717) is 12.1 Å². The van der Waals surface area contributed by atoms with Crippen LogP contribution in [0.15, 0.2) is 73.1 Å². The summed E-state index contributed by atoms with van der Waals surface area (Å²) in [5.41, 5.74) is 4.40. The molecule has 8 heteroatoms. The molecular formula is C30H35N3O5. The van der Waals surface area contributed by atoms with E-state index >= 15 is 0 Å². The molecule has 0 radical (unpaired) electrons. The predicted molar refractivity (Wildman–Crippen MR) is 142 cm³/mol. The average molecular weight is 518 g/mol. The Bertz CT molecular complexity index is 1170. The van der Waals surface area contributed by atoms with Gasteiger partial charge < -0.3 is 24.6 Å². The van der Waals surface area contributed by atoms with E-state index in [4.69, 9.17) is 14.2 Å². The lowest BCUT2D eigenvalue weighted by molar-refractivity contribution is -0.277. The highest BCUT2D eigenvalue weighted by Gasteiger charge is 2.39. The van der Waals surface area contributed by atoms with Gasteiger partial charge >= 0.3 is 0 Å². The number of aliphatic hydroxyl groups excluding tert-OH is 1. The van der Waals surface area contributed by atoms with Crippen molar-refractivity contribution >= 4 is 5.91 Å². The lowest BCUT2D eigenvalue weighted by atomic mass is 9.90. The molecule has 2 aliphatic heterocycles. The van der Waals surface area contributed by atoms with Gasteiger partial charge in [-0.25, -0.2) is 0 Å². The van der Waals surface area contributed by atoms with Crippen molar-refractivity contribution in [1.29, 1.82) is 0 Å². The number of ether oxygens (including phenoxy) is 3. The molecule has 4 atom stereocenters. The largest absolute Gasteiger partial charge is 0.392 e. The topological polar surface area (TPSA) is 93.2 Å². The summed E-state index contributed by atoms with van der Waals surface area (Å²) in [6, 6.07) is 19.4. The average Bonchev–Trinajstić information content (AvgIpc) is 2.98. The van der Waals surface area contributed by atoms with E-state index in [9.17, 15) is 9.90 Å². The molecule has 0 spiro atoms. The van der Waals surface area contributed by atoms with Gasteiger partial charge in [-0.3, -0.25) is 14.7 Å². The third-order valence-electron chi connectivity index (χ3n) is 7.29. The van der Waals surface area contributed by atoms with Crippen LogP contribution in [0.1, 0.15) is 51.9 Å². The van der Waals surface area contributed by atoms with Gasteiger partial charge in [-0.1, -0.05) is 55.5 Å². The Kier molecular flexibility index (Phi) is 8.78. The van der Waals surface area contributed by atoms with Gasteiger partial charge in [0.25, 0.3) is 5.91 Å². The molecule has 0 unspecified atom stereocenters. The number of amides is 1. The molecule has 2 saturated heterocycles. The lowest BCUT2D eigenvalue weighted by Gasteiger charge is -2.43. The van der Waals surface area contributed by atoms with Gasteiger partial charge in [0.05, 0.1) is 37.6 Å². The van der Waals surface area contributed by atoms with Crippen molar-refractivity contribution in [3.05, 3.63) is 101 Å². The second kappa shape index (κ2) is 12.6. The number of carbonyl (C=O) groups excluding carboxylic acids is 1. The number of nitrogens with one attached hydrogen (secondary N) is 1. The molecule has 2 N–H and O–H groups in total. The summed E-state index contributed by atoms with van der Waals surface area (Å²) in [7, 11) is 0. The Hall–Kier alpha value is -3.14. The molecule has 3 heterocycles. The van der Waals surface area contributed by atoms with Crippen LogP contribution in [0.5, 0.6) is 0 Å². The van der Waals surface area contributed by atoms with Gasteiger partial charge in [-0.05, 0) is 28.8 Å².